The van der Waals surface area contributed by atoms with E-state index in [1.807, 2.05) is 36.4 Å². The molecule has 0 saturated heterocycles. The number of nitrogens with zero attached hydrogens (tertiary/aromatic N) is 2. The first-order valence-corrected chi connectivity index (χ1v) is 6.89. The average Bonchev–Trinajstić information content (AvgIpc) is 2.56. The maximum Gasteiger partial charge on any atom is 0.321 e. The molecular weight excluding hydrogens is 278 g/mol. The van der Waals surface area contributed by atoms with E-state index in [1.54, 1.807) is 36.2 Å². The monoisotopic (exact) mass is 295 g/mol. The van der Waals surface area contributed by atoms with Crippen LogP contribution in [0.2, 0.25) is 0 Å². The summed E-state index contributed by atoms with van der Waals surface area (Å²) in [5.74, 6) is 0.781. The molecule has 0 atom stereocenters. The van der Waals surface area contributed by atoms with Gasteiger partial charge in [-0.15, -0.1) is 0 Å². The van der Waals surface area contributed by atoms with Crippen molar-refractivity contribution < 1.29 is 9.53 Å². The summed E-state index contributed by atoms with van der Waals surface area (Å²) in [4.78, 5) is 13.5. The standard InChI is InChI=1S/C17H17N3O2/c1-20(11-12-22-16-5-3-2-4-6-16)17(21)19-15-9-7-14(13-18)8-10-15/h2-10H,11-12H2,1H3,(H,19,21). The summed E-state index contributed by atoms with van der Waals surface area (Å²) in [6.07, 6.45) is 0. The van der Waals surface area contributed by atoms with Gasteiger partial charge in [0.05, 0.1) is 18.2 Å². The van der Waals surface area contributed by atoms with Gasteiger partial charge in [-0.25, -0.2) is 4.79 Å². The summed E-state index contributed by atoms with van der Waals surface area (Å²) in [7, 11) is 1.70. The lowest BCUT2D eigenvalue weighted by Gasteiger charge is -2.18. The van der Waals surface area contributed by atoms with E-state index < -0.39 is 0 Å². The largest absolute Gasteiger partial charge is 0.492 e. The van der Waals surface area contributed by atoms with Crippen molar-refractivity contribution in [2.75, 3.05) is 25.5 Å². The van der Waals surface area contributed by atoms with Gasteiger partial charge in [-0.2, -0.15) is 5.26 Å². The van der Waals surface area contributed by atoms with Crippen LogP contribution in [0.25, 0.3) is 0 Å². The van der Waals surface area contributed by atoms with Crippen LogP contribution in [-0.4, -0.2) is 31.1 Å². The van der Waals surface area contributed by atoms with Crippen molar-refractivity contribution in [3.63, 3.8) is 0 Å². The highest BCUT2D eigenvalue weighted by Crippen LogP contribution is 2.10. The molecule has 0 fully saturated rings. The fraction of sp³-hybridized carbons (Fsp3) is 0.176. The Kier molecular flexibility index (Phi) is 5.38. The van der Waals surface area contributed by atoms with E-state index in [1.165, 1.54) is 0 Å². The van der Waals surface area contributed by atoms with Gasteiger partial charge in [-0.3, -0.25) is 0 Å². The van der Waals surface area contributed by atoms with Gasteiger partial charge in [0, 0.05) is 12.7 Å². The second kappa shape index (κ2) is 7.70. The average molecular weight is 295 g/mol. The van der Waals surface area contributed by atoms with Crippen LogP contribution < -0.4 is 10.1 Å². The number of likely N-dealkylation sites (N-methyl/N-ethyl adjacent to an activating group) is 1. The maximum absolute atomic E-state index is 12.0. The van der Waals surface area contributed by atoms with Gasteiger partial charge in [0.15, 0.2) is 0 Å². The normalized spacial score (nSPS) is 9.64. The number of benzene rings is 2. The van der Waals surface area contributed by atoms with Crippen molar-refractivity contribution >= 4 is 11.7 Å². The van der Waals surface area contributed by atoms with Gasteiger partial charge >= 0.3 is 6.03 Å². The molecule has 0 saturated carbocycles. The van der Waals surface area contributed by atoms with Crippen molar-refractivity contribution in [2.45, 2.75) is 0 Å². The van der Waals surface area contributed by atoms with Crippen molar-refractivity contribution in [3.05, 3.63) is 60.2 Å². The van der Waals surface area contributed by atoms with Crippen LogP contribution in [-0.2, 0) is 0 Å². The number of carbonyl (C=O) groups is 1. The first kappa shape index (κ1) is 15.4. The fourth-order valence-electron chi connectivity index (χ4n) is 1.77. The molecule has 0 aliphatic heterocycles. The molecule has 2 aromatic carbocycles. The van der Waals surface area contributed by atoms with Crippen LogP contribution in [0.4, 0.5) is 10.5 Å². The smallest absolute Gasteiger partial charge is 0.321 e. The second-order valence-electron chi connectivity index (χ2n) is 4.70. The highest BCUT2D eigenvalue weighted by atomic mass is 16.5. The molecule has 22 heavy (non-hydrogen) atoms. The Morgan fingerprint density at radius 2 is 1.86 bits per heavy atom. The van der Waals surface area contributed by atoms with Gasteiger partial charge in [-0.1, -0.05) is 18.2 Å². The predicted octanol–water partition coefficient (Wildman–Crippen LogP) is 3.10. The molecule has 5 heteroatoms. The third kappa shape index (κ3) is 4.53. The molecule has 0 heterocycles. The minimum Gasteiger partial charge on any atom is -0.492 e. The molecule has 0 spiro atoms. The SMILES string of the molecule is CN(CCOc1ccccc1)C(=O)Nc1ccc(C#N)cc1. The number of hydrogen-bond acceptors (Lipinski definition) is 3. The van der Waals surface area contributed by atoms with Crippen molar-refractivity contribution in [2.24, 2.45) is 0 Å². The number of hydrogen-bond donors (Lipinski definition) is 1. The molecular formula is C17H17N3O2. The molecule has 0 aliphatic carbocycles. The summed E-state index contributed by atoms with van der Waals surface area (Å²) >= 11 is 0. The van der Waals surface area contributed by atoms with E-state index in [9.17, 15) is 4.79 Å². The number of ether oxygens (including phenoxy) is 1. The molecule has 0 bridgehead atoms. The minimum atomic E-state index is -0.221. The predicted molar refractivity (Wildman–Crippen MR) is 84.7 cm³/mol. The quantitative estimate of drug-likeness (QED) is 0.921. The van der Waals surface area contributed by atoms with Crippen LogP contribution >= 0.6 is 0 Å². The number of para-hydroxylation sites is 1. The third-order valence-electron chi connectivity index (χ3n) is 3.05. The lowest BCUT2D eigenvalue weighted by atomic mass is 10.2. The van der Waals surface area contributed by atoms with Crippen molar-refractivity contribution in [1.29, 1.82) is 5.26 Å². The Morgan fingerprint density at radius 1 is 1.18 bits per heavy atom. The number of carbonyl (C=O) groups excluding carboxylic acids is 1. The molecule has 0 unspecified atom stereocenters. The van der Waals surface area contributed by atoms with Gasteiger partial charge < -0.3 is 15.0 Å². The molecule has 0 radical (unpaired) electrons. The zero-order chi connectivity index (χ0) is 15.8. The van der Waals surface area contributed by atoms with Gasteiger partial charge in [-0.05, 0) is 36.4 Å². The van der Waals surface area contributed by atoms with Crippen molar-refractivity contribution in [3.8, 4) is 11.8 Å². The summed E-state index contributed by atoms with van der Waals surface area (Å²) < 4.78 is 5.55. The molecule has 2 rings (SSSR count). The van der Waals surface area contributed by atoms with Crippen LogP contribution in [0, 0.1) is 11.3 Å². The first-order valence-electron chi connectivity index (χ1n) is 6.89. The Balaban J connectivity index is 1.78. The van der Waals surface area contributed by atoms with Crippen LogP contribution in [0.3, 0.4) is 0 Å². The molecule has 1 N–H and O–H groups in total. The Morgan fingerprint density at radius 3 is 2.50 bits per heavy atom. The molecule has 112 valence electrons. The summed E-state index contributed by atoms with van der Waals surface area (Å²) in [6, 6.07) is 18.0. The zero-order valence-electron chi connectivity index (χ0n) is 12.3. The number of amides is 2. The van der Waals surface area contributed by atoms with Crippen molar-refractivity contribution in [1.82, 2.24) is 4.90 Å². The fourth-order valence-corrected chi connectivity index (χ4v) is 1.77. The highest BCUT2D eigenvalue weighted by Gasteiger charge is 2.08. The molecule has 2 amide bonds. The minimum absolute atomic E-state index is 0.221. The Labute approximate surface area is 129 Å². The van der Waals surface area contributed by atoms with Gasteiger partial charge in [0.25, 0.3) is 0 Å². The second-order valence-corrected chi connectivity index (χ2v) is 4.70. The van der Waals surface area contributed by atoms with E-state index in [4.69, 9.17) is 10.00 Å². The highest BCUT2D eigenvalue weighted by molar-refractivity contribution is 5.89. The zero-order valence-corrected chi connectivity index (χ0v) is 12.3. The molecule has 5 nitrogen and oxygen atoms in total. The summed E-state index contributed by atoms with van der Waals surface area (Å²) in [5.41, 5.74) is 1.21. The maximum atomic E-state index is 12.0. The molecule has 2 aromatic rings. The van der Waals surface area contributed by atoms with Crippen LogP contribution in [0.5, 0.6) is 5.75 Å². The Hall–Kier alpha value is -3.00. The molecule has 0 aromatic heterocycles. The number of rotatable bonds is 5. The van der Waals surface area contributed by atoms with Gasteiger partial charge in [0.2, 0.25) is 0 Å². The van der Waals surface area contributed by atoms with Crippen LogP contribution in [0.15, 0.2) is 54.6 Å². The van der Waals surface area contributed by atoms with Crippen LogP contribution in [0.1, 0.15) is 5.56 Å². The lowest BCUT2D eigenvalue weighted by Crippen LogP contribution is -2.34. The number of nitriles is 1. The first-order chi connectivity index (χ1) is 10.7. The van der Waals surface area contributed by atoms with E-state index in [0.717, 1.165) is 5.75 Å². The Bertz CT molecular complexity index is 648. The topological polar surface area (TPSA) is 65.4 Å². The molecule has 0 aliphatic rings. The summed E-state index contributed by atoms with van der Waals surface area (Å²) in [6.45, 7) is 0.887. The van der Waals surface area contributed by atoms with E-state index in [2.05, 4.69) is 5.32 Å². The van der Waals surface area contributed by atoms with E-state index in [0.29, 0.717) is 24.4 Å². The summed E-state index contributed by atoms with van der Waals surface area (Å²) in [5, 5.41) is 11.5. The lowest BCUT2D eigenvalue weighted by molar-refractivity contribution is 0.207. The number of urea groups is 1. The van der Waals surface area contributed by atoms with E-state index >= 15 is 0 Å². The van der Waals surface area contributed by atoms with Gasteiger partial charge in [0.1, 0.15) is 12.4 Å². The third-order valence-corrected chi connectivity index (χ3v) is 3.05. The number of nitrogens with one attached hydrogen (secondary N) is 1. The van der Waals surface area contributed by atoms with E-state index in [-0.39, 0.29) is 6.03 Å². The number of anilines is 1.